The molecule has 2 aromatic carbocycles. The lowest BCUT2D eigenvalue weighted by Crippen LogP contribution is -2.39. The van der Waals surface area contributed by atoms with E-state index in [4.69, 9.17) is 4.74 Å². The fourth-order valence-corrected chi connectivity index (χ4v) is 4.18. The second-order valence-electron chi connectivity index (χ2n) is 7.85. The molecule has 0 atom stereocenters. The minimum Gasteiger partial charge on any atom is -0.445 e. The topological polar surface area (TPSA) is 60.2 Å². The van der Waals surface area contributed by atoms with Gasteiger partial charge in [-0.1, -0.05) is 36.4 Å². The summed E-state index contributed by atoms with van der Waals surface area (Å²) in [5.41, 5.74) is 5.40. The number of pyridine rings is 1. The summed E-state index contributed by atoms with van der Waals surface area (Å²) in [6, 6.07) is 20.5. The number of likely N-dealkylation sites (tertiary alicyclic amines) is 1. The van der Waals surface area contributed by atoms with Crippen LogP contribution in [0.5, 0.6) is 0 Å². The van der Waals surface area contributed by atoms with Crippen LogP contribution in [0.25, 0.3) is 22.2 Å². The van der Waals surface area contributed by atoms with Crippen molar-refractivity contribution in [2.45, 2.75) is 25.5 Å². The van der Waals surface area contributed by atoms with Crippen molar-refractivity contribution < 1.29 is 9.53 Å². The van der Waals surface area contributed by atoms with Crippen molar-refractivity contribution >= 4 is 17.1 Å². The van der Waals surface area contributed by atoms with Gasteiger partial charge in [0.15, 0.2) is 0 Å². The van der Waals surface area contributed by atoms with Gasteiger partial charge in [-0.3, -0.25) is 4.98 Å². The van der Waals surface area contributed by atoms with Crippen LogP contribution in [0.2, 0.25) is 0 Å². The van der Waals surface area contributed by atoms with Crippen molar-refractivity contribution in [3.8, 4) is 11.1 Å². The number of rotatable bonds is 4. The second-order valence-corrected chi connectivity index (χ2v) is 7.85. The van der Waals surface area contributed by atoms with Gasteiger partial charge in [0.2, 0.25) is 0 Å². The van der Waals surface area contributed by atoms with E-state index in [9.17, 15) is 4.79 Å². The average Bonchev–Trinajstić information content (AvgIpc) is 3.27. The first-order valence-electron chi connectivity index (χ1n) is 10.6. The van der Waals surface area contributed by atoms with E-state index in [-0.39, 0.29) is 6.09 Å². The molecule has 156 valence electrons. The van der Waals surface area contributed by atoms with Crippen LogP contribution in [-0.4, -0.2) is 38.6 Å². The van der Waals surface area contributed by atoms with Crippen molar-refractivity contribution in [1.29, 1.82) is 0 Å². The SMILES string of the molecule is O=C(OCc1ccccc1)N1CCC(n2cnc3ccc(-c4ccncc4)cc32)CC1. The molecule has 1 aliphatic heterocycles. The predicted molar refractivity (Wildman–Crippen MR) is 119 cm³/mol. The molecule has 0 saturated carbocycles. The summed E-state index contributed by atoms with van der Waals surface area (Å²) in [6.45, 7) is 1.67. The summed E-state index contributed by atoms with van der Waals surface area (Å²) in [5, 5.41) is 0. The van der Waals surface area contributed by atoms with Gasteiger partial charge < -0.3 is 14.2 Å². The van der Waals surface area contributed by atoms with Gasteiger partial charge in [-0.15, -0.1) is 0 Å². The van der Waals surface area contributed by atoms with Crippen molar-refractivity contribution in [3.63, 3.8) is 0 Å². The van der Waals surface area contributed by atoms with Crippen LogP contribution in [-0.2, 0) is 11.3 Å². The number of benzene rings is 2. The molecule has 6 heteroatoms. The quantitative estimate of drug-likeness (QED) is 0.469. The normalized spacial score (nSPS) is 14.6. The molecule has 4 aromatic rings. The maximum atomic E-state index is 12.5. The number of hydrogen-bond acceptors (Lipinski definition) is 4. The molecule has 5 rings (SSSR count). The summed E-state index contributed by atoms with van der Waals surface area (Å²) >= 11 is 0. The number of ether oxygens (including phenoxy) is 1. The number of carbonyl (C=O) groups excluding carboxylic acids is 1. The third-order valence-corrected chi connectivity index (χ3v) is 5.91. The number of hydrogen-bond donors (Lipinski definition) is 0. The van der Waals surface area contributed by atoms with E-state index in [0.29, 0.717) is 25.7 Å². The molecule has 0 radical (unpaired) electrons. The van der Waals surface area contributed by atoms with Gasteiger partial charge in [-0.05, 0) is 53.8 Å². The average molecular weight is 412 g/mol. The molecule has 3 heterocycles. The third-order valence-electron chi connectivity index (χ3n) is 5.91. The zero-order valence-electron chi connectivity index (χ0n) is 17.2. The smallest absolute Gasteiger partial charge is 0.410 e. The summed E-state index contributed by atoms with van der Waals surface area (Å²) in [6.07, 6.45) is 7.07. The molecule has 0 N–H and O–H groups in total. The van der Waals surface area contributed by atoms with Crippen LogP contribution < -0.4 is 0 Å². The zero-order valence-corrected chi connectivity index (χ0v) is 17.2. The first-order valence-corrected chi connectivity index (χ1v) is 10.6. The van der Waals surface area contributed by atoms with Crippen molar-refractivity contribution in [1.82, 2.24) is 19.4 Å². The Morgan fingerprint density at radius 1 is 0.968 bits per heavy atom. The second kappa shape index (κ2) is 8.60. The number of aromatic nitrogens is 3. The first-order chi connectivity index (χ1) is 15.3. The fourth-order valence-electron chi connectivity index (χ4n) is 4.18. The number of nitrogens with zero attached hydrogens (tertiary/aromatic N) is 4. The monoisotopic (exact) mass is 412 g/mol. The number of imidazole rings is 1. The highest BCUT2D eigenvalue weighted by Crippen LogP contribution is 2.29. The van der Waals surface area contributed by atoms with Crippen molar-refractivity contribution in [2.75, 3.05) is 13.1 Å². The number of amides is 1. The van der Waals surface area contributed by atoms with E-state index < -0.39 is 0 Å². The summed E-state index contributed by atoms with van der Waals surface area (Å²) in [5.74, 6) is 0. The Balaban J connectivity index is 1.25. The number of piperidine rings is 1. The Bertz CT molecular complexity index is 1170. The molecule has 0 aliphatic carbocycles. The lowest BCUT2D eigenvalue weighted by atomic mass is 10.0. The van der Waals surface area contributed by atoms with Gasteiger partial charge in [-0.25, -0.2) is 9.78 Å². The van der Waals surface area contributed by atoms with Crippen molar-refractivity contribution in [3.05, 3.63) is 84.9 Å². The van der Waals surface area contributed by atoms with Crippen LogP contribution in [0.4, 0.5) is 4.79 Å². The van der Waals surface area contributed by atoms with Crippen LogP contribution >= 0.6 is 0 Å². The number of fused-ring (bicyclic) bond motifs is 1. The molecule has 0 bridgehead atoms. The standard InChI is InChI=1S/C25H24N4O2/c30-25(31-17-19-4-2-1-3-5-19)28-14-10-22(11-15-28)29-18-27-23-7-6-21(16-24(23)29)20-8-12-26-13-9-20/h1-9,12-13,16,18,22H,10-11,14-15,17H2. The Hall–Kier alpha value is -3.67. The van der Waals surface area contributed by atoms with E-state index in [1.54, 1.807) is 4.90 Å². The van der Waals surface area contributed by atoms with E-state index in [0.717, 1.165) is 40.6 Å². The van der Waals surface area contributed by atoms with E-state index in [1.165, 1.54) is 0 Å². The molecule has 1 saturated heterocycles. The summed E-state index contributed by atoms with van der Waals surface area (Å²) in [4.78, 5) is 23.0. The lowest BCUT2D eigenvalue weighted by molar-refractivity contribution is 0.0834. The Kier molecular flexibility index (Phi) is 5.35. The van der Waals surface area contributed by atoms with E-state index in [2.05, 4.69) is 32.7 Å². The Morgan fingerprint density at radius 3 is 2.52 bits per heavy atom. The highest BCUT2D eigenvalue weighted by molar-refractivity contribution is 5.82. The summed E-state index contributed by atoms with van der Waals surface area (Å²) < 4.78 is 7.75. The van der Waals surface area contributed by atoms with Gasteiger partial charge in [0.1, 0.15) is 6.61 Å². The summed E-state index contributed by atoms with van der Waals surface area (Å²) in [7, 11) is 0. The van der Waals surface area contributed by atoms with Crippen LogP contribution in [0.1, 0.15) is 24.4 Å². The largest absolute Gasteiger partial charge is 0.445 e. The Labute approximate surface area is 181 Å². The molecule has 1 fully saturated rings. The first kappa shape index (κ1) is 19.3. The van der Waals surface area contributed by atoms with E-state index in [1.807, 2.05) is 61.2 Å². The molecule has 0 unspecified atom stereocenters. The van der Waals surface area contributed by atoms with Crippen LogP contribution in [0, 0.1) is 0 Å². The molecular weight excluding hydrogens is 388 g/mol. The fraction of sp³-hybridized carbons (Fsp3) is 0.240. The Morgan fingerprint density at radius 2 is 1.74 bits per heavy atom. The van der Waals surface area contributed by atoms with Gasteiger partial charge in [-0.2, -0.15) is 0 Å². The number of carbonyl (C=O) groups is 1. The molecular formula is C25H24N4O2. The minimum absolute atomic E-state index is 0.238. The molecule has 31 heavy (non-hydrogen) atoms. The van der Waals surface area contributed by atoms with Gasteiger partial charge in [0.25, 0.3) is 0 Å². The van der Waals surface area contributed by atoms with Gasteiger partial charge in [0, 0.05) is 31.5 Å². The van der Waals surface area contributed by atoms with Gasteiger partial charge in [0.05, 0.1) is 17.4 Å². The zero-order chi connectivity index (χ0) is 21.0. The lowest BCUT2D eigenvalue weighted by Gasteiger charge is -2.32. The maximum Gasteiger partial charge on any atom is 0.410 e. The highest BCUT2D eigenvalue weighted by atomic mass is 16.6. The van der Waals surface area contributed by atoms with Gasteiger partial charge >= 0.3 is 6.09 Å². The third kappa shape index (κ3) is 4.14. The molecule has 1 amide bonds. The molecule has 2 aromatic heterocycles. The highest BCUT2D eigenvalue weighted by Gasteiger charge is 2.25. The van der Waals surface area contributed by atoms with Crippen molar-refractivity contribution in [2.24, 2.45) is 0 Å². The molecule has 1 aliphatic rings. The minimum atomic E-state index is -0.238. The van der Waals surface area contributed by atoms with E-state index >= 15 is 0 Å². The molecule has 6 nitrogen and oxygen atoms in total. The van der Waals surface area contributed by atoms with Crippen LogP contribution in [0.15, 0.2) is 79.4 Å². The van der Waals surface area contributed by atoms with Crippen LogP contribution in [0.3, 0.4) is 0 Å². The maximum absolute atomic E-state index is 12.5. The molecule has 0 spiro atoms. The predicted octanol–water partition coefficient (Wildman–Crippen LogP) is 5.07.